The van der Waals surface area contributed by atoms with Crippen LogP contribution < -0.4 is 0 Å². The van der Waals surface area contributed by atoms with E-state index < -0.39 is 10.0 Å². The van der Waals surface area contributed by atoms with Gasteiger partial charge < -0.3 is 4.74 Å². The molecular formula is C14H23NO3S2. The van der Waals surface area contributed by atoms with Crippen LogP contribution in [0.25, 0.3) is 0 Å². The number of nitrogens with zero attached hydrogens (tertiary/aromatic N) is 1. The highest BCUT2D eigenvalue weighted by Gasteiger charge is 2.32. The molecule has 6 heteroatoms. The number of thiophene rings is 1. The van der Waals surface area contributed by atoms with Gasteiger partial charge in [0.2, 0.25) is 10.0 Å². The summed E-state index contributed by atoms with van der Waals surface area (Å²) >= 11 is 1.60. The zero-order valence-electron chi connectivity index (χ0n) is 12.0. The molecule has 2 rings (SSSR count). The summed E-state index contributed by atoms with van der Waals surface area (Å²) in [5, 5.41) is 3.79. The largest absolute Gasteiger partial charge is 0.383 e. The lowest BCUT2D eigenvalue weighted by Gasteiger charge is -2.29. The molecule has 0 N–H and O–H groups in total. The quantitative estimate of drug-likeness (QED) is 0.777. The molecule has 0 saturated heterocycles. The molecule has 1 aromatic rings. The van der Waals surface area contributed by atoms with Gasteiger partial charge in [-0.2, -0.15) is 15.6 Å². The van der Waals surface area contributed by atoms with Crippen LogP contribution in [-0.4, -0.2) is 38.2 Å². The predicted octanol–water partition coefficient (Wildman–Crippen LogP) is 2.86. The van der Waals surface area contributed by atoms with Crippen molar-refractivity contribution in [1.82, 2.24) is 4.31 Å². The van der Waals surface area contributed by atoms with E-state index in [4.69, 9.17) is 4.74 Å². The maximum Gasteiger partial charge on any atom is 0.217 e. The van der Waals surface area contributed by atoms with Gasteiger partial charge in [-0.1, -0.05) is 19.3 Å². The standard InChI is InChI=1S/C14H23NO3S2/c1-18-9-8-15(11-13-7-10-19-12-13)20(16,17)14-5-3-2-4-6-14/h7,10,12,14H,2-6,8-9,11H2,1H3. The first kappa shape index (κ1) is 15.9. The Labute approximate surface area is 125 Å². The van der Waals surface area contributed by atoms with Gasteiger partial charge in [0.05, 0.1) is 11.9 Å². The maximum atomic E-state index is 12.8. The Hall–Kier alpha value is -0.430. The fourth-order valence-electron chi connectivity index (χ4n) is 2.65. The van der Waals surface area contributed by atoms with E-state index in [0.717, 1.165) is 37.7 Å². The normalized spacial score (nSPS) is 17.7. The van der Waals surface area contributed by atoms with Gasteiger partial charge in [0.1, 0.15) is 0 Å². The fourth-order valence-corrected chi connectivity index (χ4v) is 5.32. The SMILES string of the molecule is COCCN(Cc1ccsc1)S(=O)(=O)C1CCCCC1. The van der Waals surface area contributed by atoms with Gasteiger partial charge >= 0.3 is 0 Å². The molecule has 1 heterocycles. The molecule has 20 heavy (non-hydrogen) atoms. The number of ether oxygens (including phenoxy) is 1. The molecule has 114 valence electrons. The van der Waals surface area contributed by atoms with Crippen molar-refractivity contribution in [1.29, 1.82) is 0 Å². The van der Waals surface area contributed by atoms with Gasteiger partial charge in [-0.3, -0.25) is 0 Å². The summed E-state index contributed by atoms with van der Waals surface area (Å²) in [4.78, 5) is 0. The lowest BCUT2D eigenvalue weighted by Crippen LogP contribution is -2.40. The molecule has 0 radical (unpaired) electrons. The monoisotopic (exact) mass is 317 g/mol. The smallest absolute Gasteiger partial charge is 0.217 e. The minimum absolute atomic E-state index is 0.202. The second-order valence-electron chi connectivity index (χ2n) is 5.26. The fraction of sp³-hybridized carbons (Fsp3) is 0.714. The van der Waals surface area contributed by atoms with Gasteiger partial charge in [-0.05, 0) is 35.2 Å². The molecule has 1 aliphatic carbocycles. The average molecular weight is 317 g/mol. The van der Waals surface area contributed by atoms with Crippen LogP contribution in [0.15, 0.2) is 16.8 Å². The summed E-state index contributed by atoms with van der Waals surface area (Å²) in [5.41, 5.74) is 1.06. The van der Waals surface area contributed by atoms with Gasteiger partial charge in [-0.15, -0.1) is 0 Å². The number of hydrogen-bond donors (Lipinski definition) is 0. The Morgan fingerprint density at radius 1 is 1.35 bits per heavy atom. The second kappa shape index (κ2) is 7.54. The van der Waals surface area contributed by atoms with Crippen molar-refractivity contribution in [2.45, 2.75) is 43.9 Å². The molecule has 0 atom stereocenters. The van der Waals surface area contributed by atoms with Crippen LogP contribution in [0.4, 0.5) is 0 Å². The Morgan fingerprint density at radius 2 is 2.10 bits per heavy atom. The first-order chi connectivity index (χ1) is 9.64. The molecule has 0 unspecified atom stereocenters. The van der Waals surface area contributed by atoms with E-state index in [-0.39, 0.29) is 5.25 Å². The van der Waals surface area contributed by atoms with E-state index in [1.165, 1.54) is 0 Å². The number of methoxy groups -OCH3 is 1. The summed E-state index contributed by atoms with van der Waals surface area (Å²) in [7, 11) is -1.61. The van der Waals surface area contributed by atoms with Crippen LogP contribution in [0.5, 0.6) is 0 Å². The van der Waals surface area contributed by atoms with Gasteiger partial charge in [0.15, 0.2) is 0 Å². The van der Waals surface area contributed by atoms with E-state index in [1.807, 2.05) is 16.8 Å². The third kappa shape index (κ3) is 4.04. The van der Waals surface area contributed by atoms with E-state index in [9.17, 15) is 8.42 Å². The second-order valence-corrected chi connectivity index (χ2v) is 8.26. The Bertz CT molecular complexity index is 479. The highest BCUT2D eigenvalue weighted by atomic mass is 32.2. The van der Waals surface area contributed by atoms with Crippen LogP contribution >= 0.6 is 11.3 Å². The van der Waals surface area contributed by atoms with Crippen molar-refractivity contribution in [2.75, 3.05) is 20.3 Å². The Morgan fingerprint density at radius 3 is 2.70 bits per heavy atom. The first-order valence-electron chi connectivity index (χ1n) is 7.13. The lowest BCUT2D eigenvalue weighted by atomic mass is 10.0. The molecule has 4 nitrogen and oxygen atoms in total. The van der Waals surface area contributed by atoms with Crippen LogP contribution in [0.1, 0.15) is 37.7 Å². The highest BCUT2D eigenvalue weighted by Crippen LogP contribution is 2.27. The van der Waals surface area contributed by atoms with Gasteiger partial charge in [-0.25, -0.2) is 8.42 Å². The molecular weight excluding hydrogens is 294 g/mol. The summed E-state index contributed by atoms with van der Waals surface area (Å²) in [6.45, 7) is 1.34. The third-order valence-electron chi connectivity index (χ3n) is 3.82. The Balaban J connectivity index is 2.11. The van der Waals surface area contributed by atoms with E-state index in [2.05, 4.69) is 0 Å². The van der Waals surface area contributed by atoms with Crippen molar-refractivity contribution in [3.05, 3.63) is 22.4 Å². The van der Waals surface area contributed by atoms with Crippen LogP contribution in [0.3, 0.4) is 0 Å². The summed E-state index contributed by atoms with van der Waals surface area (Å²) in [5.74, 6) is 0. The first-order valence-corrected chi connectivity index (χ1v) is 9.58. The zero-order chi connectivity index (χ0) is 14.4. The van der Waals surface area contributed by atoms with Gasteiger partial charge in [0.25, 0.3) is 0 Å². The van der Waals surface area contributed by atoms with Crippen molar-refractivity contribution >= 4 is 21.4 Å². The third-order valence-corrected chi connectivity index (χ3v) is 6.89. The van der Waals surface area contributed by atoms with Gasteiger partial charge in [0, 0.05) is 20.2 Å². The van der Waals surface area contributed by atoms with Crippen molar-refractivity contribution in [3.8, 4) is 0 Å². The minimum Gasteiger partial charge on any atom is -0.383 e. The molecule has 0 bridgehead atoms. The number of hydrogen-bond acceptors (Lipinski definition) is 4. The average Bonchev–Trinajstić information content (AvgIpc) is 2.97. The van der Waals surface area contributed by atoms with Crippen LogP contribution in [0, 0.1) is 0 Å². The van der Waals surface area contributed by atoms with E-state index in [1.54, 1.807) is 22.8 Å². The zero-order valence-corrected chi connectivity index (χ0v) is 13.6. The predicted molar refractivity (Wildman–Crippen MR) is 82.4 cm³/mol. The Kier molecular flexibility index (Phi) is 6.01. The molecule has 1 aromatic heterocycles. The lowest BCUT2D eigenvalue weighted by molar-refractivity contribution is 0.176. The molecule has 1 aliphatic rings. The molecule has 1 saturated carbocycles. The summed E-state index contributed by atoms with van der Waals surface area (Å²) < 4.78 is 32.3. The van der Waals surface area contributed by atoms with Crippen molar-refractivity contribution < 1.29 is 13.2 Å². The van der Waals surface area contributed by atoms with E-state index in [0.29, 0.717) is 19.7 Å². The minimum atomic E-state index is -3.21. The summed E-state index contributed by atoms with van der Waals surface area (Å²) in [6, 6.07) is 1.99. The molecule has 1 fully saturated rings. The van der Waals surface area contributed by atoms with Crippen LogP contribution in [0.2, 0.25) is 0 Å². The maximum absolute atomic E-state index is 12.8. The molecule has 0 amide bonds. The van der Waals surface area contributed by atoms with E-state index >= 15 is 0 Å². The highest BCUT2D eigenvalue weighted by molar-refractivity contribution is 7.89. The topological polar surface area (TPSA) is 46.6 Å². The van der Waals surface area contributed by atoms with Crippen molar-refractivity contribution in [2.24, 2.45) is 0 Å². The summed E-state index contributed by atoms with van der Waals surface area (Å²) in [6.07, 6.45) is 4.82. The molecule has 0 aromatic carbocycles. The number of rotatable bonds is 7. The molecule has 0 spiro atoms. The van der Waals surface area contributed by atoms with Crippen molar-refractivity contribution in [3.63, 3.8) is 0 Å². The number of sulfonamides is 1. The molecule has 0 aliphatic heterocycles. The van der Waals surface area contributed by atoms with Crippen LogP contribution in [-0.2, 0) is 21.3 Å².